The zero-order valence-electron chi connectivity index (χ0n) is 15.1. The molecular formula is C18H19N5O3S. The largest absolute Gasteiger partial charge is 0.354 e. The quantitative estimate of drug-likeness (QED) is 0.561. The lowest BCUT2D eigenvalue weighted by Gasteiger charge is -2.10. The van der Waals surface area contributed by atoms with Crippen molar-refractivity contribution in [3.63, 3.8) is 0 Å². The lowest BCUT2D eigenvalue weighted by molar-refractivity contribution is 0.101. The second-order valence-corrected chi connectivity index (χ2v) is 7.68. The summed E-state index contributed by atoms with van der Waals surface area (Å²) >= 11 is 0. The van der Waals surface area contributed by atoms with Crippen LogP contribution in [0.2, 0.25) is 0 Å². The summed E-state index contributed by atoms with van der Waals surface area (Å²) in [5.41, 5.74) is 2.85. The van der Waals surface area contributed by atoms with E-state index in [0.717, 1.165) is 5.69 Å². The molecule has 27 heavy (non-hydrogen) atoms. The van der Waals surface area contributed by atoms with Crippen molar-refractivity contribution < 1.29 is 13.2 Å². The third-order valence-electron chi connectivity index (χ3n) is 3.89. The fraction of sp³-hybridized carbons (Fsp3) is 0.167. The molecule has 9 heteroatoms. The van der Waals surface area contributed by atoms with Crippen LogP contribution in [-0.4, -0.2) is 29.4 Å². The molecule has 0 aliphatic heterocycles. The Labute approximate surface area is 157 Å². The fourth-order valence-corrected chi connectivity index (χ4v) is 4.02. The Kier molecular flexibility index (Phi) is 4.95. The van der Waals surface area contributed by atoms with Crippen molar-refractivity contribution in [2.75, 3.05) is 10.0 Å². The van der Waals surface area contributed by atoms with E-state index in [4.69, 9.17) is 0 Å². The molecule has 0 spiro atoms. The molecule has 0 saturated carbocycles. The molecule has 0 radical (unpaired) electrons. The summed E-state index contributed by atoms with van der Waals surface area (Å²) < 4.78 is 27.5. The smallest absolute Gasteiger partial charge is 0.266 e. The number of hydrogen-bond donors (Lipinski definition) is 3. The van der Waals surface area contributed by atoms with Crippen molar-refractivity contribution in [2.45, 2.75) is 25.7 Å². The number of pyridine rings is 1. The number of nitrogens with one attached hydrogen (secondary N) is 3. The molecule has 2 heterocycles. The summed E-state index contributed by atoms with van der Waals surface area (Å²) in [5, 5.41) is 9.69. The molecule has 0 bridgehead atoms. The maximum absolute atomic E-state index is 12.5. The van der Waals surface area contributed by atoms with Gasteiger partial charge in [-0.25, -0.2) is 13.4 Å². The zero-order chi connectivity index (χ0) is 19.6. The van der Waals surface area contributed by atoms with Crippen molar-refractivity contribution in [1.29, 1.82) is 0 Å². The topological polar surface area (TPSA) is 117 Å². The van der Waals surface area contributed by atoms with Gasteiger partial charge in [0.05, 0.1) is 23.3 Å². The van der Waals surface area contributed by atoms with Gasteiger partial charge in [0, 0.05) is 11.3 Å². The van der Waals surface area contributed by atoms with Gasteiger partial charge in [-0.3, -0.25) is 14.6 Å². The van der Waals surface area contributed by atoms with Crippen LogP contribution in [0.3, 0.4) is 0 Å². The van der Waals surface area contributed by atoms with E-state index in [2.05, 4.69) is 25.2 Å². The van der Waals surface area contributed by atoms with Gasteiger partial charge in [0.15, 0.2) is 5.78 Å². The third kappa shape index (κ3) is 4.14. The highest BCUT2D eigenvalue weighted by Crippen LogP contribution is 2.22. The second kappa shape index (κ2) is 7.20. The number of benzene rings is 1. The SMILES string of the molecule is CC(=O)c1cccc(Nc2ccc(NS(=O)(=O)c3c(C)n[nH]c3C)nc2)c1. The molecule has 3 rings (SSSR count). The van der Waals surface area contributed by atoms with E-state index in [1.54, 1.807) is 44.2 Å². The Morgan fingerprint density at radius 3 is 2.48 bits per heavy atom. The van der Waals surface area contributed by atoms with Gasteiger partial charge in [0.1, 0.15) is 10.7 Å². The number of H-pyrrole nitrogens is 1. The minimum atomic E-state index is -3.78. The molecule has 0 saturated heterocycles. The number of aryl methyl sites for hydroxylation is 2. The minimum Gasteiger partial charge on any atom is -0.354 e. The number of sulfonamides is 1. The summed E-state index contributed by atoms with van der Waals surface area (Å²) in [6, 6.07) is 10.3. The number of anilines is 3. The maximum atomic E-state index is 12.5. The lowest BCUT2D eigenvalue weighted by Crippen LogP contribution is -2.15. The number of aromatic amines is 1. The second-order valence-electron chi connectivity index (χ2n) is 6.06. The Balaban J connectivity index is 1.76. The van der Waals surface area contributed by atoms with Crippen LogP contribution in [0.15, 0.2) is 47.5 Å². The van der Waals surface area contributed by atoms with Gasteiger partial charge in [0.2, 0.25) is 0 Å². The first-order valence-electron chi connectivity index (χ1n) is 8.15. The van der Waals surface area contributed by atoms with Crippen LogP contribution in [0, 0.1) is 13.8 Å². The number of rotatable bonds is 6. The van der Waals surface area contributed by atoms with Crippen molar-refractivity contribution in [1.82, 2.24) is 15.2 Å². The number of carbonyl (C=O) groups excluding carboxylic acids is 1. The molecule has 0 unspecified atom stereocenters. The molecule has 3 aromatic rings. The van der Waals surface area contributed by atoms with E-state index in [1.165, 1.54) is 13.1 Å². The zero-order valence-corrected chi connectivity index (χ0v) is 15.9. The summed E-state index contributed by atoms with van der Waals surface area (Å²) in [5.74, 6) is 0.171. The molecule has 3 N–H and O–H groups in total. The van der Waals surface area contributed by atoms with Crippen molar-refractivity contribution in [2.24, 2.45) is 0 Å². The van der Waals surface area contributed by atoms with Crippen molar-refractivity contribution in [3.8, 4) is 0 Å². The molecule has 0 fully saturated rings. The van der Waals surface area contributed by atoms with Crippen LogP contribution in [-0.2, 0) is 10.0 Å². The normalized spacial score (nSPS) is 11.2. The summed E-state index contributed by atoms with van der Waals surface area (Å²) in [6.07, 6.45) is 1.51. The Morgan fingerprint density at radius 1 is 1.11 bits per heavy atom. The number of hydrogen-bond acceptors (Lipinski definition) is 6. The van der Waals surface area contributed by atoms with E-state index in [-0.39, 0.29) is 16.5 Å². The molecule has 140 valence electrons. The van der Waals surface area contributed by atoms with Crippen molar-refractivity contribution >= 4 is 33.0 Å². The number of carbonyl (C=O) groups is 1. The lowest BCUT2D eigenvalue weighted by atomic mass is 10.1. The first kappa shape index (κ1) is 18.6. The number of nitrogens with zero attached hydrogens (tertiary/aromatic N) is 2. The maximum Gasteiger partial charge on any atom is 0.266 e. The molecule has 8 nitrogen and oxygen atoms in total. The highest BCUT2D eigenvalue weighted by Gasteiger charge is 2.22. The number of Topliss-reactive ketones (excluding diaryl/α,β-unsaturated/α-hetero) is 1. The third-order valence-corrected chi connectivity index (χ3v) is 5.51. The predicted octanol–water partition coefficient (Wildman–Crippen LogP) is 3.17. The van der Waals surface area contributed by atoms with Crippen LogP contribution in [0.4, 0.5) is 17.2 Å². The Bertz CT molecular complexity index is 1070. The monoisotopic (exact) mass is 385 g/mol. The van der Waals surface area contributed by atoms with Gasteiger partial charge in [0.25, 0.3) is 10.0 Å². The molecule has 0 aliphatic rings. The fourth-order valence-electron chi connectivity index (χ4n) is 2.64. The van der Waals surface area contributed by atoms with Crippen LogP contribution in [0.1, 0.15) is 28.7 Å². The van der Waals surface area contributed by atoms with E-state index in [0.29, 0.717) is 22.6 Å². The average molecular weight is 385 g/mol. The van der Waals surface area contributed by atoms with Gasteiger partial charge < -0.3 is 5.32 Å². The van der Waals surface area contributed by atoms with E-state index in [1.807, 2.05) is 6.07 Å². The molecule has 2 aromatic heterocycles. The van der Waals surface area contributed by atoms with E-state index < -0.39 is 10.0 Å². The van der Waals surface area contributed by atoms with Gasteiger partial charge in [-0.15, -0.1) is 0 Å². The molecule has 0 amide bonds. The number of ketones is 1. The van der Waals surface area contributed by atoms with Crippen LogP contribution >= 0.6 is 0 Å². The van der Waals surface area contributed by atoms with Crippen LogP contribution in [0.5, 0.6) is 0 Å². The molecule has 0 aliphatic carbocycles. The molecular weight excluding hydrogens is 366 g/mol. The first-order valence-corrected chi connectivity index (χ1v) is 9.63. The Hall–Kier alpha value is -3.20. The molecule has 1 aromatic carbocycles. The predicted molar refractivity (Wildman–Crippen MR) is 103 cm³/mol. The van der Waals surface area contributed by atoms with Gasteiger partial charge in [-0.1, -0.05) is 12.1 Å². The van der Waals surface area contributed by atoms with Gasteiger partial charge in [-0.05, 0) is 45.0 Å². The average Bonchev–Trinajstić information content (AvgIpc) is 2.96. The number of aromatic nitrogens is 3. The van der Waals surface area contributed by atoms with Crippen molar-refractivity contribution in [3.05, 3.63) is 59.5 Å². The van der Waals surface area contributed by atoms with E-state index >= 15 is 0 Å². The standard InChI is InChI=1S/C18H19N5O3S/c1-11-18(12(2)22-21-11)27(25,26)23-17-8-7-16(10-19-17)20-15-6-4-5-14(9-15)13(3)24/h4-10,20H,1-3H3,(H,19,23)(H,21,22). The Morgan fingerprint density at radius 2 is 1.89 bits per heavy atom. The highest BCUT2D eigenvalue weighted by molar-refractivity contribution is 7.92. The summed E-state index contributed by atoms with van der Waals surface area (Å²) in [7, 11) is -3.78. The summed E-state index contributed by atoms with van der Waals surface area (Å²) in [4.78, 5) is 15.7. The van der Waals surface area contributed by atoms with Crippen LogP contribution in [0.25, 0.3) is 0 Å². The van der Waals surface area contributed by atoms with E-state index in [9.17, 15) is 13.2 Å². The highest BCUT2D eigenvalue weighted by atomic mass is 32.2. The van der Waals surface area contributed by atoms with Gasteiger partial charge >= 0.3 is 0 Å². The van der Waals surface area contributed by atoms with Gasteiger partial charge in [-0.2, -0.15) is 5.10 Å². The summed E-state index contributed by atoms with van der Waals surface area (Å²) in [6.45, 7) is 4.77. The first-order chi connectivity index (χ1) is 12.8. The van der Waals surface area contributed by atoms with Crippen LogP contribution < -0.4 is 10.0 Å². The minimum absolute atomic E-state index is 0.0219. The molecule has 0 atom stereocenters.